The van der Waals surface area contributed by atoms with Crippen LogP contribution in [0.5, 0.6) is 0 Å². The molecule has 0 unspecified atom stereocenters. The van der Waals surface area contributed by atoms with Crippen molar-refractivity contribution in [1.82, 2.24) is 4.98 Å². The predicted octanol–water partition coefficient (Wildman–Crippen LogP) is 3.92. The number of pyridine rings is 1. The van der Waals surface area contributed by atoms with Crippen molar-refractivity contribution in [2.24, 2.45) is 0 Å². The first-order valence-corrected chi connectivity index (χ1v) is 5.79. The molecular weight excluding hydrogens is 276 g/mol. The predicted molar refractivity (Wildman–Crippen MR) is 62.2 cm³/mol. The maximum Gasteiger partial charge on any atom is 0.213 e. The summed E-state index contributed by atoms with van der Waals surface area (Å²) in [4.78, 5) is 3.77. The van der Waals surface area contributed by atoms with Crippen LogP contribution in [-0.4, -0.2) is 4.98 Å². The van der Waals surface area contributed by atoms with E-state index in [4.69, 9.17) is 0 Å². The number of aromatic nitrogens is 1. The molecule has 2 aromatic rings. The van der Waals surface area contributed by atoms with E-state index in [1.807, 2.05) is 0 Å². The Morgan fingerprint density at radius 3 is 2.38 bits per heavy atom. The van der Waals surface area contributed by atoms with E-state index in [9.17, 15) is 8.78 Å². The molecule has 0 aliphatic heterocycles. The molecular formula is C12H8BrF2N. The molecule has 0 aliphatic rings. The lowest BCUT2D eigenvalue weighted by molar-refractivity contribution is 0.584. The Labute approximate surface area is 100 Å². The van der Waals surface area contributed by atoms with Crippen LogP contribution in [0.2, 0.25) is 0 Å². The van der Waals surface area contributed by atoms with Gasteiger partial charge < -0.3 is 0 Å². The normalized spacial score (nSPS) is 10.4. The van der Waals surface area contributed by atoms with Crippen molar-refractivity contribution >= 4 is 15.9 Å². The summed E-state index contributed by atoms with van der Waals surface area (Å²) in [5, 5.41) is 0.556. The summed E-state index contributed by atoms with van der Waals surface area (Å²) >= 11 is 3.26. The van der Waals surface area contributed by atoms with Crippen LogP contribution in [0.15, 0.2) is 36.4 Å². The van der Waals surface area contributed by atoms with Crippen LogP contribution < -0.4 is 0 Å². The maximum absolute atomic E-state index is 13.2. The average Bonchev–Trinajstić information content (AvgIpc) is 2.29. The summed E-state index contributed by atoms with van der Waals surface area (Å²) in [6.45, 7) is 0. The van der Waals surface area contributed by atoms with Crippen molar-refractivity contribution in [3.63, 3.8) is 0 Å². The SMILES string of the molecule is Fc1ccc(-c2cc(CBr)cc(F)n2)cc1. The smallest absolute Gasteiger partial charge is 0.213 e. The molecule has 0 radical (unpaired) electrons. The zero-order valence-corrected chi connectivity index (χ0v) is 9.84. The van der Waals surface area contributed by atoms with Gasteiger partial charge in [-0.25, -0.2) is 9.37 Å². The number of hydrogen-bond donors (Lipinski definition) is 0. The maximum atomic E-state index is 13.2. The third-order valence-corrected chi connectivity index (χ3v) is 2.80. The Balaban J connectivity index is 2.47. The minimum Gasteiger partial charge on any atom is -0.220 e. The zero-order chi connectivity index (χ0) is 11.5. The van der Waals surface area contributed by atoms with Crippen molar-refractivity contribution in [1.29, 1.82) is 0 Å². The van der Waals surface area contributed by atoms with E-state index in [1.54, 1.807) is 18.2 Å². The second-order valence-corrected chi connectivity index (χ2v) is 3.88. The molecule has 1 aromatic carbocycles. The third-order valence-electron chi connectivity index (χ3n) is 2.15. The number of nitrogens with zero attached hydrogens (tertiary/aromatic N) is 1. The van der Waals surface area contributed by atoms with E-state index < -0.39 is 5.95 Å². The van der Waals surface area contributed by atoms with Gasteiger partial charge in [0.1, 0.15) is 5.82 Å². The Morgan fingerprint density at radius 1 is 1.06 bits per heavy atom. The van der Waals surface area contributed by atoms with Crippen LogP contribution in [0, 0.1) is 11.8 Å². The fourth-order valence-corrected chi connectivity index (χ4v) is 1.72. The zero-order valence-electron chi connectivity index (χ0n) is 8.25. The van der Waals surface area contributed by atoms with E-state index >= 15 is 0 Å². The highest BCUT2D eigenvalue weighted by atomic mass is 79.9. The molecule has 0 saturated heterocycles. The van der Waals surface area contributed by atoms with Crippen LogP contribution in [0.4, 0.5) is 8.78 Å². The minimum absolute atomic E-state index is 0.319. The van der Waals surface area contributed by atoms with Crippen LogP contribution in [0.3, 0.4) is 0 Å². The first-order chi connectivity index (χ1) is 7.69. The van der Waals surface area contributed by atoms with Gasteiger partial charge in [0, 0.05) is 10.9 Å². The monoisotopic (exact) mass is 283 g/mol. The molecule has 0 spiro atoms. The summed E-state index contributed by atoms with van der Waals surface area (Å²) < 4.78 is 25.9. The lowest BCUT2D eigenvalue weighted by Gasteiger charge is -2.03. The van der Waals surface area contributed by atoms with Gasteiger partial charge in [-0.3, -0.25) is 0 Å². The number of benzene rings is 1. The molecule has 0 amide bonds. The summed E-state index contributed by atoms with van der Waals surface area (Å²) in [5.74, 6) is -0.850. The Hall–Kier alpha value is -1.29. The molecule has 0 aliphatic carbocycles. The van der Waals surface area contributed by atoms with Crippen molar-refractivity contribution < 1.29 is 8.78 Å². The van der Waals surface area contributed by atoms with Gasteiger partial charge in [-0.05, 0) is 42.0 Å². The number of rotatable bonds is 2. The molecule has 16 heavy (non-hydrogen) atoms. The third kappa shape index (κ3) is 2.44. The van der Waals surface area contributed by atoms with Gasteiger partial charge in [-0.1, -0.05) is 15.9 Å². The van der Waals surface area contributed by atoms with Crippen molar-refractivity contribution in [3.8, 4) is 11.3 Å². The van der Waals surface area contributed by atoms with Gasteiger partial charge >= 0.3 is 0 Å². The van der Waals surface area contributed by atoms with Gasteiger partial charge in [-0.15, -0.1) is 0 Å². The molecule has 82 valence electrons. The van der Waals surface area contributed by atoms with Crippen molar-refractivity contribution in [3.05, 3.63) is 53.7 Å². The molecule has 0 N–H and O–H groups in total. The average molecular weight is 284 g/mol. The summed E-state index contributed by atoms with van der Waals surface area (Å²) in [5.41, 5.74) is 2.00. The standard InChI is InChI=1S/C12H8BrF2N/c13-7-8-5-11(16-12(15)6-8)9-1-3-10(14)4-2-9/h1-6H,7H2. The molecule has 0 atom stereocenters. The Kier molecular flexibility index (Phi) is 3.29. The second kappa shape index (κ2) is 4.70. The summed E-state index contributed by atoms with van der Waals surface area (Å²) in [6, 6.07) is 8.95. The van der Waals surface area contributed by atoms with Crippen molar-refractivity contribution in [2.45, 2.75) is 5.33 Å². The highest BCUT2D eigenvalue weighted by molar-refractivity contribution is 9.08. The molecule has 2 rings (SSSR count). The summed E-state index contributed by atoms with van der Waals surface area (Å²) in [7, 11) is 0. The lowest BCUT2D eigenvalue weighted by atomic mass is 10.1. The highest BCUT2D eigenvalue weighted by Gasteiger charge is 2.04. The van der Waals surface area contributed by atoms with Gasteiger partial charge in [0.15, 0.2) is 0 Å². The molecule has 0 fully saturated rings. The van der Waals surface area contributed by atoms with E-state index in [1.165, 1.54) is 18.2 Å². The van der Waals surface area contributed by atoms with Crippen LogP contribution >= 0.6 is 15.9 Å². The van der Waals surface area contributed by atoms with E-state index in [0.717, 1.165) is 5.56 Å². The molecule has 1 nitrogen and oxygen atoms in total. The Bertz CT molecular complexity index is 497. The second-order valence-electron chi connectivity index (χ2n) is 3.32. The fourth-order valence-electron chi connectivity index (χ4n) is 1.40. The van der Waals surface area contributed by atoms with E-state index in [2.05, 4.69) is 20.9 Å². The number of halogens is 3. The minimum atomic E-state index is -0.531. The van der Waals surface area contributed by atoms with Gasteiger partial charge in [0.25, 0.3) is 0 Å². The summed E-state index contributed by atoms with van der Waals surface area (Å²) in [6.07, 6.45) is 0. The Morgan fingerprint density at radius 2 is 1.75 bits per heavy atom. The molecule has 0 bridgehead atoms. The van der Waals surface area contributed by atoms with Crippen LogP contribution in [0.25, 0.3) is 11.3 Å². The first kappa shape index (κ1) is 11.2. The largest absolute Gasteiger partial charge is 0.220 e. The molecule has 0 saturated carbocycles. The molecule has 4 heteroatoms. The lowest BCUT2D eigenvalue weighted by Crippen LogP contribution is -1.91. The number of alkyl halides is 1. The van der Waals surface area contributed by atoms with E-state index in [-0.39, 0.29) is 5.82 Å². The van der Waals surface area contributed by atoms with E-state index in [0.29, 0.717) is 16.6 Å². The first-order valence-electron chi connectivity index (χ1n) is 4.67. The number of hydrogen-bond acceptors (Lipinski definition) is 1. The highest BCUT2D eigenvalue weighted by Crippen LogP contribution is 2.20. The topological polar surface area (TPSA) is 12.9 Å². The van der Waals surface area contributed by atoms with Crippen LogP contribution in [0.1, 0.15) is 5.56 Å². The molecule has 1 heterocycles. The van der Waals surface area contributed by atoms with Gasteiger partial charge in [0.05, 0.1) is 5.69 Å². The quantitative estimate of drug-likeness (QED) is 0.601. The van der Waals surface area contributed by atoms with Gasteiger partial charge in [-0.2, -0.15) is 4.39 Å². The van der Waals surface area contributed by atoms with Crippen LogP contribution in [-0.2, 0) is 5.33 Å². The fraction of sp³-hybridized carbons (Fsp3) is 0.0833. The van der Waals surface area contributed by atoms with Crippen molar-refractivity contribution in [2.75, 3.05) is 0 Å². The van der Waals surface area contributed by atoms with Gasteiger partial charge in [0.2, 0.25) is 5.95 Å². The molecule has 1 aromatic heterocycles.